The van der Waals surface area contributed by atoms with Crippen molar-refractivity contribution in [1.82, 2.24) is 9.97 Å². The minimum absolute atomic E-state index is 0.209. The predicted octanol–water partition coefficient (Wildman–Crippen LogP) is 2.58. The molecule has 2 rings (SSSR count). The van der Waals surface area contributed by atoms with E-state index in [1.165, 1.54) is 6.07 Å². The number of hydrogen-bond acceptors (Lipinski definition) is 6. The van der Waals surface area contributed by atoms with E-state index in [1.54, 1.807) is 13.3 Å². The van der Waals surface area contributed by atoms with Crippen LogP contribution in [-0.4, -0.2) is 29.9 Å². The fourth-order valence-corrected chi connectivity index (χ4v) is 2.01. The number of ether oxygens (including phenoxy) is 2. The van der Waals surface area contributed by atoms with Crippen molar-refractivity contribution in [2.75, 3.05) is 19.1 Å². The summed E-state index contributed by atoms with van der Waals surface area (Å²) in [5, 5.41) is 4.10. The molecule has 7 nitrogen and oxygen atoms in total. The Morgan fingerprint density at radius 3 is 2.83 bits per heavy atom. The highest BCUT2D eigenvalue weighted by Gasteiger charge is 2.04. The summed E-state index contributed by atoms with van der Waals surface area (Å²) in [6.45, 7) is 4.59. The van der Waals surface area contributed by atoms with Crippen molar-refractivity contribution in [3.05, 3.63) is 45.9 Å². The molecule has 1 aromatic carbocycles. The zero-order chi connectivity index (χ0) is 17.4. The van der Waals surface area contributed by atoms with Gasteiger partial charge in [-0.25, -0.2) is 10.4 Å². The monoisotopic (exact) mass is 330 g/mol. The first-order chi connectivity index (χ1) is 11.7. The summed E-state index contributed by atoms with van der Waals surface area (Å²) in [4.78, 5) is 18.3. The van der Waals surface area contributed by atoms with Gasteiger partial charge in [-0.05, 0) is 36.6 Å². The Kier molecular flexibility index (Phi) is 6.36. The third kappa shape index (κ3) is 4.84. The van der Waals surface area contributed by atoms with Gasteiger partial charge in [-0.3, -0.25) is 9.78 Å². The zero-order valence-corrected chi connectivity index (χ0v) is 14.1. The third-order valence-electron chi connectivity index (χ3n) is 3.19. The summed E-state index contributed by atoms with van der Waals surface area (Å²) in [5.41, 5.74) is 4.06. The highest BCUT2D eigenvalue weighted by Crippen LogP contribution is 2.27. The van der Waals surface area contributed by atoms with Gasteiger partial charge in [0.15, 0.2) is 11.5 Å². The molecule has 0 aliphatic heterocycles. The second kappa shape index (κ2) is 8.71. The van der Waals surface area contributed by atoms with Gasteiger partial charge in [0.25, 0.3) is 5.56 Å². The minimum atomic E-state index is -0.209. The molecule has 1 aromatic heterocycles. The van der Waals surface area contributed by atoms with Gasteiger partial charge >= 0.3 is 0 Å². The number of rotatable bonds is 8. The molecule has 0 unspecified atom stereocenters. The maximum Gasteiger partial charge on any atom is 0.252 e. The van der Waals surface area contributed by atoms with Crippen molar-refractivity contribution in [3.63, 3.8) is 0 Å². The number of aryl methyl sites for hydroxylation is 1. The summed E-state index contributed by atoms with van der Waals surface area (Å²) in [5.74, 6) is 1.66. The van der Waals surface area contributed by atoms with Gasteiger partial charge in [0.1, 0.15) is 0 Å². The molecule has 0 radical (unpaired) electrons. The van der Waals surface area contributed by atoms with Crippen LogP contribution in [0.1, 0.15) is 31.5 Å². The van der Waals surface area contributed by atoms with Crippen molar-refractivity contribution in [3.8, 4) is 11.5 Å². The van der Waals surface area contributed by atoms with E-state index in [2.05, 4.69) is 20.5 Å². The van der Waals surface area contributed by atoms with Crippen molar-refractivity contribution in [1.29, 1.82) is 0 Å². The third-order valence-corrected chi connectivity index (χ3v) is 3.19. The van der Waals surface area contributed by atoms with E-state index in [0.29, 0.717) is 36.2 Å². The number of hydrogen-bond donors (Lipinski definition) is 2. The number of nitrogens with one attached hydrogen (secondary N) is 2. The van der Waals surface area contributed by atoms with Gasteiger partial charge in [0, 0.05) is 11.8 Å². The molecule has 0 bridgehead atoms. The lowest BCUT2D eigenvalue weighted by atomic mass is 10.2. The van der Waals surface area contributed by atoms with Crippen LogP contribution in [0, 0.1) is 0 Å². The van der Waals surface area contributed by atoms with Gasteiger partial charge in [-0.2, -0.15) is 5.10 Å². The number of benzene rings is 1. The molecule has 0 fully saturated rings. The average molecular weight is 330 g/mol. The molecule has 0 amide bonds. The molecule has 1 heterocycles. The lowest BCUT2D eigenvalue weighted by Gasteiger charge is -2.10. The van der Waals surface area contributed by atoms with Gasteiger partial charge in [0.2, 0.25) is 5.95 Å². The Bertz CT molecular complexity index is 756. The van der Waals surface area contributed by atoms with Crippen LogP contribution in [0.5, 0.6) is 11.5 Å². The summed E-state index contributed by atoms with van der Waals surface area (Å²) >= 11 is 0. The molecule has 128 valence electrons. The Labute approximate surface area is 140 Å². The fraction of sp³-hybridized carbons (Fsp3) is 0.353. The molecular formula is C17H22N4O3. The first-order valence-corrected chi connectivity index (χ1v) is 7.86. The van der Waals surface area contributed by atoms with Crippen LogP contribution in [0.3, 0.4) is 0 Å². The molecule has 7 heteroatoms. The minimum Gasteiger partial charge on any atom is -0.493 e. The van der Waals surface area contributed by atoms with E-state index in [4.69, 9.17) is 9.47 Å². The second-order valence-corrected chi connectivity index (χ2v) is 5.07. The highest BCUT2D eigenvalue weighted by molar-refractivity contribution is 5.81. The topological polar surface area (TPSA) is 88.6 Å². The van der Waals surface area contributed by atoms with Crippen LogP contribution in [0.2, 0.25) is 0 Å². The molecule has 0 saturated heterocycles. The molecule has 2 N–H and O–H groups in total. The van der Waals surface area contributed by atoms with Crippen molar-refractivity contribution >= 4 is 12.2 Å². The number of anilines is 1. The first-order valence-electron chi connectivity index (χ1n) is 7.86. The number of methoxy groups -OCH3 is 1. The molecule has 0 aliphatic rings. The Morgan fingerprint density at radius 1 is 1.29 bits per heavy atom. The van der Waals surface area contributed by atoms with E-state index in [1.807, 2.05) is 32.0 Å². The van der Waals surface area contributed by atoms with Crippen molar-refractivity contribution in [2.24, 2.45) is 5.10 Å². The van der Waals surface area contributed by atoms with E-state index < -0.39 is 0 Å². The Morgan fingerprint density at radius 2 is 2.12 bits per heavy atom. The van der Waals surface area contributed by atoms with E-state index in [9.17, 15) is 4.79 Å². The number of hydrazone groups is 1. The molecule has 0 saturated carbocycles. The van der Waals surface area contributed by atoms with Crippen LogP contribution < -0.4 is 20.5 Å². The number of aromatic amines is 1. The molecule has 0 spiro atoms. The van der Waals surface area contributed by atoms with Gasteiger partial charge < -0.3 is 9.47 Å². The average Bonchev–Trinajstić information content (AvgIpc) is 2.59. The van der Waals surface area contributed by atoms with E-state index >= 15 is 0 Å². The van der Waals surface area contributed by atoms with Crippen LogP contribution in [0.4, 0.5) is 5.95 Å². The van der Waals surface area contributed by atoms with E-state index in [-0.39, 0.29) is 5.56 Å². The van der Waals surface area contributed by atoms with Crippen molar-refractivity contribution < 1.29 is 9.47 Å². The first kappa shape index (κ1) is 17.5. The largest absolute Gasteiger partial charge is 0.493 e. The van der Waals surface area contributed by atoms with Crippen LogP contribution in [-0.2, 0) is 6.42 Å². The lowest BCUT2D eigenvalue weighted by Crippen LogP contribution is -2.11. The maximum absolute atomic E-state index is 11.5. The number of nitrogens with zero attached hydrogens (tertiary/aromatic N) is 2. The lowest BCUT2D eigenvalue weighted by molar-refractivity contribution is 0.294. The fourth-order valence-electron chi connectivity index (χ4n) is 2.01. The SMILES string of the molecule is CCCOc1cc(/C=N\Nc2nc(CC)cc(=O)[nH]2)ccc1OC. The smallest absolute Gasteiger partial charge is 0.252 e. The standard InChI is InChI=1S/C17H22N4O3/c1-4-8-24-15-9-12(6-7-14(15)23-3)11-18-21-17-19-13(5-2)10-16(22)20-17/h6-7,9-11H,4-5,8H2,1-3H3,(H2,19,20,21,22)/b18-11-. The predicted molar refractivity (Wildman–Crippen MR) is 94.2 cm³/mol. The summed E-state index contributed by atoms with van der Waals surface area (Å²) < 4.78 is 10.9. The number of H-pyrrole nitrogens is 1. The zero-order valence-electron chi connectivity index (χ0n) is 14.1. The van der Waals surface area contributed by atoms with Gasteiger partial charge in [-0.15, -0.1) is 0 Å². The molecular weight excluding hydrogens is 308 g/mol. The Hall–Kier alpha value is -2.83. The quantitative estimate of drug-likeness (QED) is 0.574. The van der Waals surface area contributed by atoms with Crippen molar-refractivity contribution in [2.45, 2.75) is 26.7 Å². The van der Waals surface area contributed by atoms with E-state index in [0.717, 1.165) is 12.0 Å². The molecule has 24 heavy (non-hydrogen) atoms. The normalized spacial score (nSPS) is 10.8. The maximum atomic E-state index is 11.5. The Balaban J connectivity index is 2.11. The molecule has 2 aromatic rings. The van der Waals surface area contributed by atoms with Crippen LogP contribution in [0.15, 0.2) is 34.2 Å². The number of aromatic nitrogens is 2. The van der Waals surface area contributed by atoms with Gasteiger partial charge in [-0.1, -0.05) is 13.8 Å². The summed E-state index contributed by atoms with van der Waals surface area (Å²) in [7, 11) is 1.60. The van der Waals surface area contributed by atoms with Gasteiger partial charge in [0.05, 0.1) is 19.9 Å². The molecule has 0 atom stereocenters. The van der Waals surface area contributed by atoms with Crippen LogP contribution >= 0.6 is 0 Å². The molecule has 0 aliphatic carbocycles. The second-order valence-electron chi connectivity index (χ2n) is 5.07. The van der Waals surface area contributed by atoms with Crippen LogP contribution in [0.25, 0.3) is 0 Å². The summed E-state index contributed by atoms with van der Waals surface area (Å²) in [6.07, 6.45) is 3.21. The summed E-state index contributed by atoms with van der Waals surface area (Å²) in [6, 6.07) is 7.00. The highest BCUT2D eigenvalue weighted by atomic mass is 16.5.